The van der Waals surface area contributed by atoms with Crippen LogP contribution in [0, 0.1) is 5.41 Å². The molecule has 0 aromatic heterocycles. The van der Waals surface area contributed by atoms with Crippen molar-refractivity contribution in [3.05, 3.63) is 29.8 Å². The fourth-order valence-electron chi connectivity index (χ4n) is 1.53. The van der Waals surface area contributed by atoms with E-state index in [1.165, 1.54) is 0 Å². The second kappa shape index (κ2) is 6.93. The van der Waals surface area contributed by atoms with Gasteiger partial charge in [0.25, 0.3) is 0 Å². The number of benzene rings is 1. The topological polar surface area (TPSA) is 78.4 Å². The van der Waals surface area contributed by atoms with E-state index in [-0.39, 0.29) is 17.9 Å². The Labute approximate surface area is 119 Å². The van der Waals surface area contributed by atoms with Crippen molar-refractivity contribution in [1.82, 2.24) is 5.32 Å². The standard InChI is InChI=1S/C15H22N2O3/c1-15(2,3)10-16-14(20)17-12-7-4-11(5-8-12)6-9-13(18)19/h4-5,7-8H,6,9-10H2,1-3H3,(H,18,19)(H2,16,17,20). The summed E-state index contributed by atoms with van der Waals surface area (Å²) in [6.07, 6.45) is 0.602. The molecule has 0 saturated heterocycles. The van der Waals surface area contributed by atoms with E-state index in [0.29, 0.717) is 18.7 Å². The lowest BCUT2D eigenvalue weighted by atomic mass is 9.97. The van der Waals surface area contributed by atoms with E-state index >= 15 is 0 Å². The summed E-state index contributed by atoms with van der Waals surface area (Å²) in [5, 5.41) is 14.1. The van der Waals surface area contributed by atoms with Gasteiger partial charge in [-0.3, -0.25) is 4.79 Å². The van der Waals surface area contributed by atoms with Crippen LogP contribution in [0.3, 0.4) is 0 Å². The van der Waals surface area contributed by atoms with Crippen molar-refractivity contribution in [1.29, 1.82) is 0 Å². The van der Waals surface area contributed by atoms with Crippen LogP contribution in [0.25, 0.3) is 0 Å². The molecular weight excluding hydrogens is 256 g/mol. The predicted molar refractivity (Wildman–Crippen MR) is 78.9 cm³/mol. The highest BCUT2D eigenvalue weighted by molar-refractivity contribution is 5.89. The average molecular weight is 278 g/mol. The van der Waals surface area contributed by atoms with Crippen LogP contribution in [0.4, 0.5) is 10.5 Å². The molecule has 3 N–H and O–H groups in total. The van der Waals surface area contributed by atoms with Gasteiger partial charge in [-0.25, -0.2) is 4.79 Å². The maximum absolute atomic E-state index is 11.7. The van der Waals surface area contributed by atoms with E-state index in [4.69, 9.17) is 5.11 Å². The highest BCUT2D eigenvalue weighted by atomic mass is 16.4. The van der Waals surface area contributed by atoms with Crippen LogP contribution < -0.4 is 10.6 Å². The minimum Gasteiger partial charge on any atom is -0.481 e. The summed E-state index contributed by atoms with van der Waals surface area (Å²) in [5.74, 6) is -0.811. The molecule has 0 unspecified atom stereocenters. The summed E-state index contributed by atoms with van der Waals surface area (Å²) in [6, 6.07) is 6.95. The fraction of sp³-hybridized carbons (Fsp3) is 0.467. The van der Waals surface area contributed by atoms with Crippen molar-refractivity contribution in [3.63, 3.8) is 0 Å². The Bertz CT molecular complexity index is 461. The van der Waals surface area contributed by atoms with E-state index in [1.807, 2.05) is 32.9 Å². The third-order valence-electron chi connectivity index (χ3n) is 2.62. The first-order valence-electron chi connectivity index (χ1n) is 6.62. The molecule has 0 heterocycles. The van der Waals surface area contributed by atoms with Gasteiger partial charge in [-0.2, -0.15) is 0 Å². The Hall–Kier alpha value is -2.04. The molecular formula is C15H22N2O3. The molecule has 5 heteroatoms. The number of hydrogen-bond acceptors (Lipinski definition) is 2. The van der Waals surface area contributed by atoms with Gasteiger partial charge in [0.15, 0.2) is 0 Å². The molecule has 0 aliphatic heterocycles. The number of amides is 2. The zero-order valence-corrected chi connectivity index (χ0v) is 12.2. The average Bonchev–Trinajstić information content (AvgIpc) is 2.35. The van der Waals surface area contributed by atoms with Gasteiger partial charge in [0.2, 0.25) is 0 Å². The zero-order chi connectivity index (χ0) is 15.2. The van der Waals surface area contributed by atoms with Crippen molar-refractivity contribution in [2.75, 3.05) is 11.9 Å². The van der Waals surface area contributed by atoms with Crippen LogP contribution >= 0.6 is 0 Å². The Balaban J connectivity index is 2.44. The largest absolute Gasteiger partial charge is 0.481 e. The number of carboxylic acids is 1. The maximum Gasteiger partial charge on any atom is 0.319 e. The molecule has 20 heavy (non-hydrogen) atoms. The van der Waals surface area contributed by atoms with Crippen molar-refractivity contribution in [2.45, 2.75) is 33.6 Å². The summed E-state index contributed by atoms with van der Waals surface area (Å²) in [4.78, 5) is 22.1. The lowest BCUT2D eigenvalue weighted by molar-refractivity contribution is -0.136. The lowest BCUT2D eigenvalue weighted by Crippen LogP contribution is -2.35. The molecule has 0 aliphatic rings. The number of aryl methyl sites for hydroxylation is 1. The minimum absolute atomic E-state index is 0.0397. The number of carboxylic acid groups (broad SMARTS) is 1. The van der Waals surface area contributed by atoms with Crippen molar-refractivity contribution < 1.29 is 14.7 Å². The van der Waals surface area contributed by atoms with E-state index < -0.39 is 5.97 Å². The van der Waals surface area contributed by atoms with Gasteiger partial charge >= 0.3 is 12.0 Å². The molecule has 5 nitrogen and oxygen atoms in total. The van der Waals surface area contributed by atoms with Gasteiger partial charge in [-0.15, -0.1) is 0 Å². The minimum atomic E-state index is -0.811. The van der Waals surface area contributed by atoms with Crippen molar-refractivity contribution in [3.8, 4) is 0 Å². The first kappa shape index (κ1) is 16.0. The summed E-state index contributed by atoms with van der Waals surface area (Å²) in [5.41, 5.74) is 1.67. The molecule has 2 amide bonds. The molecule has 0 spiro atoms. The van der Waals surface area contributed by atoms with Crippen LogP contribution in [0.5, 0.6) is 0 Å². The smallest absolute Gasteiger partial charge is 0.319 e. The van der Waals surface area contributed by atoms with E-state index in [0.717, 1.165) is 5.56 Å². The molecule has 0 aliphatic carbocycles. The van der Waals surface area contributed by atoms with Crippen LogP contribution in [0.15, 0.2) is 24.3 Å². The zero-order valence-electron chi connectivity index (χ0n) is 12.2. The first-order chi connectivity index (χ1) is 9.26. The second-order valence-electron chi connectivity index (χ2n) is 5.96. The molecule has 110 valence electrons. The van der Waals surface area contributed by atoms with Crippen LogP contribution in [0.1, 0.15) is 32.8 Å². The number of rotatable bonds is 5. The van der Waals surface area contributed by atoms with Gasteiger partial charge in [-0.05, 0) is 29.5 Å². The second-order valence-corrected chi connectivity index (χ2v) is 5.96. The molecule has 1 aromatic rings. The number of carbonyl (C=O) groups excluding carboxylic acids is 1. The Morgan fingerprint density at radius 1 is 1.15 bits per heavy atom. The molecule has 0 bridgehead atoms. The number of carbonyl (C=O) groups is 2. The molecule has 1 rings (SSSR count). The monoisotopic (exact) mass is 278 g/mol. The van der Waals surface area contributed by atoms with Gasteiger partial charge < -0.3 is 15.7 Å². The number of hydrogen-bond donors (Lipinski definition) is 3. The van der Waals surface area contributed by atoms with Crippen LogP contribution in [-0.2, 0) is 11.2 Å². The van der Waals surface area contributed by atoms with Crippen molar-refractivity contribution >= 4 is 17.7 Å². The summed E-state index contributed by atoms with van der Waals surface area (Å²) >= 11 is 0. The Morgan fingerprint density at radius 3 is 2.25 bits per heavy atom. The van der Waals surface area contributed by atoms with Crippen LogP contribution in [-0.4, -0.2) is 23.7 Å². The SMILES string of the molecule is CC(C)(C)CNC(=O)Nc1ccc(CCC(=O)O)cc1. The highest BCUT2D eigenvalue weighted by Crippen LogP contribution is 2.12. The predicted octanol–water partition coefficient (Wildman–Crippen LogP) is 2.87. The van der Waals surface area contributed by atoms with E-state index in [9.17, 15) is 9.59 Å². The third-order valence-corrected chi connectivity index (χ3v) is 2.62. The number of aliphatic carboxylic acids is 1. The third kappa shape index (κ3) is 6.78. The molecule has 0 fully saturated rings. The number of anilines is 1. The van der Waals surface area contributed by atoms with Gasteiger partial charge in [0, 0.05) is 18.7 Å². The normalized spacial score (nSPS) is 10.9. The highest BCUT2D eigenvalue weighted by Gasteiger charge is 2.11. The Morgan fingerprint density at radius 2 is 1.75 bits per heavy atom. The quantitative estimate of drug-likeness (QED) is 0.775. The maximum atomic E-state index is 11.7. The van der Waals surface area contributed by atoms with E-state index in [2.05, 4.69) is 10.6 Å². The van der Waals surface area contributed by atoms with Gasteiger partial charge in [-0.1, -0.05) is 32.9 Å². The molecule has 0 atom stereocenters. The summed E-state index contributed by atoms with van der Waals surface area (Å²) < 4.78 is 0. The van der Waals surface area contributed by atoms with E-state index in [1.54, 1.807) is 12.1 Å². The number of nitrogens with one attached hydrogen (secondary N) is 2. The first-order valence-corrected chi connectivity index (χ1v) is 6.62. The fourth-order valence-corrected chi connectivity index (χ4v) is 1.53. The van der Waals surface area contributed by atoms with Gasteiger partial charge in [0.05, 0.1) is 0 Å². The number of urea groups is 1. The Kier molecular flexibility index (Phi) is 5.55. The summed E-state index contributed by atoms with van der Waals surface area (Å²) in [6.45, 7) is 6.73. The van der Waals surface area contributed by atoms with Crippen LogP contribution in [0.2, 0.25) is 0 Å². The summed E-state index contributed by atoms with van der Waals surface area (Å²) in [7, 11) is 0. The molecule has 0 saturated carbocycles. The van der Waals surface area contributed by atoms with Gasteiger partial charge in [0.1, 0.15) is 0 Å². The molecule has 0 radical (unpaired) electrons. The lowest BCUT2D eigenvalue weighted by Gasteiger charge is -2.18. The van der Waals surface area contributed by atoms with Crippen molar-refractivity contribution in [2.24, 2.45) is 5.41 Å². The molecule has 1 aromatic carbocycles.